The molecule has 4 nitrogen and oxygen atoms in total. The molecule has 6 heteroatoms. The number of aromatic nitrogens is 1. The predicted octanol–water partition coefficient (Wildman–Crippen LogP) is 3.56. The number of piperazine rings is 1. The van der Waals surface area contributed by atoms with Gasteiger partial charge < -0.3 is 10.2 Å². The maximum Gasteiger partial charge on any atom is 0.173 e. The molecule has 2 aromatic rings. The van der Waals surface area contributed by atoms with Crippen LogP contribution >= 0.6 is 23.8 Å². The number of anilines is 1. The first-order chi connectivity index (χ1) is 11.6. The number of nitrogens with zero attached hydrogens (tertiary/aromatic N) is 3. The van der Waals surface area contributed by atoms with E-state index in [1.54, 1.807) is 0 Å². The maximum atomic E-state index is 6.27. The molecule has 1 aliphatic rings. The highest BCUT2D eigenvalue weighted by Gasteiger charge is 2.19. The molecule has 0 radical (unpaired) electrons. The molecular formula is C18H21ClN4S. The summed E-state index contributed by atoms with van der Waals surface area (Å²) in [6.45, 7) is 6.66. The third-order valence-electron chi connectivity index (χ3n) is 4.14. The van der Waals surface area contributed by atoms with Gasteiger partial charge in [-0.05, 0) is 49.0 Å². The van der Waals surface area contributed by atoms with Crippen LogP contribution in [-0.2, 0) is 6.54 Å². The molecule has 1 aromatic carbocycles. The minimum absolute atomic E-state index is 0.700. The smallest absolute Gasteiger partial charge is 0.173 e. The van der Waals surface area contributed by atoms with Crippen LogP contribution in [-0.4, -0.2) is 46.1 Å². The van der Waals surface area contributed by atoms with Crippen molar-refractivity contribution < 1.29 is 0 Å². The van der Waals surface area contributed by atoms with Gasteiger partial charge in [0.25, 0.3) is 0 Å². The molecule has 1 fully saturated rings. The van der Waals surface area contributed by atoms with Crippen molar-refractivity contribution in [3.63, 3.8) is 0 Å². The quantitative estimate of drug-likeness (QED) is 0.846. The second kappa shape index (κ2) is 7.92. The molecule has 3 rings (SSSR count). The summed E-state index contributed by atoms with van der Waals surface area (Å²) >= 11 is 11.8. The second-order valence-electron chi connectivity index (χ2n) is 6.00. The molecule has 1 saturated heterocycles. The van der Waals surface area contributed by atoms with Gasteiger partial charge in [-0.2, -0.15) is 0 Å². The first kappa shape index (κ1) is 17.1. The molecule has 0 unspecified atom stereocenters. The van der Waals surface area contributed by atoms with Gasteiger partial charge >= 0.3 is 0 Å². The number of nitrogens with one attached hydrogen (secondary N) is 1. The van der Waals surface area contributed by atoms with E-state index in [0.29, 0.717) is 5.02 Å². The van der Waals surface area contributed by atoms with E-state index in [4.69, 9.17) is 23.8 Å². The van der Waals surface area contributed by atoms with E-state index in [1.165, 1.54) is 0 Å². The van der Waals surface area contributed by atoms with Gasteiger partial charge in [-0.15, -0.1) is 0 Å². The van der Waals surface area contributed by atoms with Crippen LogP contribution in [0.2, 0.25) is 5.02 Å². The van der Waals surface area contributed by atoms with E-state index in [-0.39, 0.29) is 0 Å². The lowest BCUT2D eigenvalue weighted by molar-refractivity contribution is 0.175. The summed E-state index contributed by atoms with van der Waals surface area (Å²) in [7, 11) is 0. The summed E-state index contributed by atoms with van der Waals surface area (Å²) in [5, 5.41) is 4.70. The standard InChI is InChI=1S/C18H21ClN4S/c1-14-5-6-17(16(19)12-14)21-18(24)23-10-8-22(9-11-23)13-15-4-2-3-7-20-15/h2-7,12H,8-11,13H2,1H3,(H,21,24). The average molecular weight is 361 g/mol. The van der Waals surface area contributed by atoms with Crippen LogP contribution in [0.4, 0.5) is 5.69 Å². The predicted molar refractivity (Wildman–Crippen MR) is 103 cm³/mol. The highest BCUT2D eigenvalue weighted by Crippen LogP contribution is 2.23. The maximum absolute atomic E-state index is 6.27. The fourth-order valence-corrected chi connectivity index (χ4v) is 3.32. The van der Waals surface area contributed by atoms with Crippen LogP contribution in [0.5, 0.6) is 0 Å². The Morgan fingerprint density at radius 3 is 2.67 bits per heavy atom. The third-order valence-corrected chi connectivity index (χ3v) is 4.81. The minimum Gasteiger partial charge on any atom is -0.346 e. The second-order valence-corrected chi connectivity index (χ2v) is 6.79. The zero-order valence-corrected chi connectivity index (χ0v) is 15.3. The molecular weight excluding hydrogens is 340 g/mol. The fourth-order valence-electron chi connectivity index (χ4n) is 2.75. The Labute approximate surface area is 153 Å². The molecule has 126 valence electrons. The molecule has 0 spiro atoms. The number of hydrogen-bond acceptors (Lipinski definition) is 3. The average Bonchev–Trinajstić information content (AvgIpc) is 2.59. The van der Waals surface area contributed by atoms with Gasteiger partial charge in [-0.1, -0.05) is 23.7 Å². The lowest BCUT2D eigenvalue weighted by Gasteiger charge is -2.36. The molecule has 0 aliphatic carbocycles. The van der Waals surface area contributed by atoms with Crippen molar-refractivity contribution in [2.24, 2.45) is 0 Å². The Morgan fingerprint density at radius 1 is 1.21 bits per heavy atom. The van der Waals surface area contributed by atoms with Crippen molar-refractivity contribution in [1.29, 1.82) is 0 Å². The number of pyridine rings is 1. The molecule has 1 aliphatic heterocycles. The van der Waals surface area contributed by atoms with Gasteiger partial charge in [0.2, 0.25) is 0 Å². The Kier molecular flexibility index (Phi) is 5.66. The van der Waals surface area contributed by atoms with Crippen LogP contribution in [0.1, 0.15) is 11.3 Å². The van der Waals surface area contributed by atoms with Gasteiger partial charge in [-0.25, -0.2) is 0 Å². The van der Waals surface area contributed by atoms with Gasteiger partial charge in [0, 0.05) is 38.9 Å². The Balaban J connectivity index is 1.51. The molecule has 2 heterocycles. The first-order valence-corrected chi connectivity index (χ1v) is 8.85. The molecule has 0 amide bonds. The Bertz CT molecular complexity index is 699. The zero-order valence-electron chi connectivity index (χ0n) is 13.7. The normalized spacial score (nSPS) is 15.3. The van der Waals surface area contributed by atoms with Crippen molar-refractivity contribution in [3.8, 4) is 0 Å². The topological polar surface area (TPSA) is 31.4 Å². The SMILES string of the molecule is Cc1ccc(NC(=S)N2CCN(Cc3ccccn3)CC2)c(Cl)c1. The molecule has 1 aromatic heterocycles. The monoisotopic (exact) mass is 360 g/mol. The number of benzene rings is 1. The van der Waals surface area contributed by atoms with Gasteiger partial charge in [-0.3, -0.25) is 9.88 Å². The van der Waals surface area contributed by atoms with Crippen molar-refractivity contribution in [1.82, 2.24) is 14.8 Å². The Morgan fingerprint density at radius 2 is 2.00 bits per heavy atom. The largest absolute Gasteiger partial charge is 0.346 e. The van der Waals surface area contributed by atoms with Crippen LogP contribution in [0, 0.1) is 6.92 Å². The van der Waals surface area contributed by atoms with Crippen molar-refractivity contribution >= 4 is 34.6 Å². The summed E-state index contributed by atoms with van der Waals surface area (Å²) in [4.78, 5) is 8.99. The Hall–Kier alpha value is -1.69. The van der Waals surface area contributed by atoms with E-state index in [1.807, 2.05) is 43.5 Å². The minimum atomic E-state index is 0.700. The lowest BCUT2D eigenvalue weighted by Crippen LogP contribution is -2.49. The molecule has 0 atom stereocenters. The van der Waals surface area contributed by atoms with Crippen molar-refractivity contribution in [3.05, 3.63) is 58.9 Å². The summed E-state index contributed by atoms with van der Waals surface area (Å²) in [5.41, 5.74) is 3.11. The molecule has 0 saturated carbocycles. The number of rotatable bonds is 3. The lowest BCUT2D eigenvalue weighted by atomic mass is 10.2. The van der Waals surface area contributed by atoms with Gasteiger partial charge in [0.1, 0.15) is 0 Å². The highest BCUT2D eigenvalue weighted by molar-refractivity contribution is 7.80. The summed E-state index contributed by atoms with van der Waals surface area (Å²) in [6, 6.07) is 12.0. The first-order valence-electron chi connectivity index (χ1n) is 8.06. The number of aryl methyl sites for hydroxylation is 1. The fraction of sp³-hybridized carbons (Fsp3) is 0.333. The van der Waals surface area contributed by atoms with E-state index in [9.17, 15) is 0 Å². The van der Waals surface area contributed by atoms with Gasteiger partial charge in [0.15, 0.2) is 5.11 Å². The molecule has 1 N–H and O–H groups in total. The van der Waals surface area contributed by atoms with E-state index in [2.05, 4.69) is 26.2 Å². The van der Waals surface area contributed by atoms with Crippen LogP contribution in [0.15, 0.2) is 42.6 Å². The van der Waals surface area contributed by atoms with Crippen LogP contribution < -0.4 is 5.32 Å². The van der Waals surface area contributed by atoms with Crippen LogP contribution in [0.3, 0.4) is 0 Å². The summed E-state index contributed by atoms with van der Waals surface area (Å²) < 4.78 is 0. The number of hydrogen-bond donors (Lipinski definition) is 1. The van der Waals surface area contributed by atoms with Gasteiger partial charge in [0.05, 0.1) is 16.4 Å². The summed E-state index contributed by atoms with van der Waals surface area (Å²) in [5.74, 6) is 0. The summed E-state index contributed by atoms with van der Waals surface area (Å²) in [6.07, 6.45) is 1.84. The number of thiocarbonyl (C=S) groups is 1. The van der Waals surface area contributed by atoms with E-state index in [0.717, 1.165) is 54.8 Å². The third kappa shape index (κ3) is 4.44. The van der Waals surface area contributed by atoms with Crippen LogP contribution in [0.25, 0.3) is 0 Å². The number of halogens is 1. The van der Waals surface area contributed by atoms with Crippen molar-refractivity contribution in [2.45, 2.75) is 13.5 Å². The zero-order chi connectivity index (χ0) is 16.9. The molecule has 24 heavy (non-hydrogen) atoms. The van der Waals surface area contributed by atoms with E-state index >= 15 is 0 Å². The highest BCUT2D eigenvalue weighted by atomic mass is 35.5. The van der Waals surface area contributed by atoms with Crippen molar-refractivity contribution in [2.75, 3.05) is 31.5 Å². The molecule has 0 bridgehead atoms. The van der Waals surface area contributed by atoms with E-state index < -0.39 is 0 Å².